The Labute approximate surface area is 121 Å². The second-order valence-electron chi connectivity index (χ2n) is 6.06. The lowest BCUT2D eigenvalue weighted by Crippen LogP contribution is -2.37. The zero-order valence-corrected chi connectivity index (χ0v) is 12.6. The van der Waals surface area contributed by atoms with Crippen molar-refractivity contribution in [2.75, 3.05) is 7.11 Å². The van der Waals surface area contributed by atoms with Crippen LogP contribution in [0, 0.1) is 17.7 Å². The Balaban J connectivity index is 2.02. The van der Waals surface area contributed by atoms with Crippen LogP contribution in [0.25, 0.3) is 0 Å². The highest BCUT2D eigenvalue weighted by molar-refractivity contribution is 5.29. The number of benzene rings is 1. The summed E-state index contributed by atoms with van der Waals surface area (Å²) in [7, 11) is 1.49. The van der Waals surface area contributed by atoms with E-state index >= 15 is 0 Å². The molecule has 20 heavy (non-hydrogen) atoms. The molecule has 2 nitrogen and oxygen atoms in total. The first-order valence-electron chi connectivity index (χ1n) is 7.72. The molecule has 0 spiro atoms. The molecule has 3 unspecified atom stereocenters. The molecule has 0 aliphatic heterocycles. The van der Waals surface area contributed by atoms with Crippen LogP contribution in [-0.2, 0) is 6.42 Å². The number of hydrogen-bond acceptors (Lipinski definition) is 2. The fraction of sp³-hybridized carbons (Fsp3) is 0.647. The van der Waals surface area contributed by atoms with Crippen molar-refractivity contribution in [1.82, 2.24) is 0 Å². The highest BCUT2D eigenvalue weighted by Gasteiger charge is 2.27. The van der Waals surface area contributed by atoms with E-state index in [0.29, 0.717) is 11.7 Å². The van der Waals surface area contributed by atoms with E-state index in [-0.39, 0.29) is 11.9 Å². The van der Waals surface area contributed by atoms with Crippen LogP contribution in [0.15, 0.2) is 18.2 Å². The largest absolute Gasteiger partial charge is 0.494 e. The number of methoxy groups -OCH3 is 1. The van der Waals surface area contributed by atoms with E-state index in [2.05, 4.69) is 6.92 Å². The maximum atomic E-state index is 13.7. The summed E-state index contributed by atoms with van der Waals surface area (Å²) in [6.07, 6.45) is 6.95. The van der Waals surface area contributed by atoms with Crippen LogP contribution in [0.5, 0.6) is 5.75 Å². The SMILES string of the molecule is CCCC1CCC(N)C(Cc2ccc(OC)c(F)c2)C1. The molecule has 2 N–H and O–H groups in total. The van der Waals surface area contributed by atoms with Crippen molar-refractivity contribution in [2.24, 2.45) is 17.6 Å². The molecule has 0 bridgehead atoms. The maximum absolute atomic E-state index is 13.7. The monoisotopic (exact) mass is 279 g/mol. The molecular weight excluding hydrogens is 253 g/mol. The predicted molar refractivity (Wildman–Crippen MR) is 80.4 cm³/mol. The smallest absolute Gasteiger partial charge is 0.165 e. The van der Waals surface area contributed by atoms with Crippen molar-refractivity contribution < 1.29 is 9.13 Å². The van der Waals surface area contributed by atoms with Gasteiger partial charge >= 0.3 is 0 Å². The van der Waals surface area contributed by atoms with Gasteiger partial charge in [-0.2, -0.15) is 0 Å². The molecule has 1 fully saturated rings. The molecule has 1 aromatic rings. The number of rotatable bonds is 5. The summed E-state index contributed by atoms with van der Waals surface area (Å²) >= 11 is 0. The summed E-state index contributed by atoms with van der Waals surface area (Å²) < 4.78 is 18.7. The summed E-state index contributed by atoms with van der Waals surface area (Å²) in [5, 5.41) is 0. The van der Waals surface area contributed by atoms with Gasteiger partial charge in [-0.15, -0.1) is 0 Å². The zero-order chi connectivity index (χ0) is 14.5. The molecule has 1 saturated carbocycles. The summed E-state index contributed by atoms with van der Waals surface area (Å²) in [4.78, 5) is 0. The second-order valence-corrected chi connectivity index (χ2v) is 6.06. The Morgan fingerprint density at radius 2 is 2.15 bits per heavy atom. The third kappa shape index (κ3) is 3.72. The first-order chi connectivity index (χ1) is 9.63. The first kappa shape index (κ1) is 15.3. The third-order valence-electron chi connectivity index (χ3n) is 4.56. The summed E-state index contributed by atoms with van der Waals surface area (Å²) in [6.45, 7) is 2.24. The topological polar surface area (TPSA) is 35.2 Å². The van der Waals surface area contributed by atoms with Gasteiger partial charge in [0.2, 0.25) is 0 Å². The fourth-order valence-corrected chi connectivity index (χ4v) is 3.43. The van der Waals surface area contributed by atoms with Gasteiger partial charge in [0.25, 0.3) is 0 Å². The van der Waals surface area contributed by atoms with E-state index in [1.807, 2.05) is 6.07 Å². The van der Waals surface area contributed by atoms with Gasteiger partial charge in [-0.3, -0.25) is 0 Å². The van der Waals surface area contributed by atoms with Crippen molar-refractivity contribution in [2.45, 2.75) is 51.5 Å². The summed E-state index contributed by atoms with van der Waals surface area (Å²) in [6, 6.07) is 5.52. The first-order valence-corrected chi connectivity index (χ1v) is 7.72. The molecule has 1 aliphatic carbocycles. The van der Waals surface area contributed by atoms with Crippen molar-refractivity contribution in [3.05, 3.63) is 29.6 Å². The maximum Gasteiger partial charge on any atom is 0.165 e. The Hall–Kier alpha value is -1.09. The van der Waals surface area contributed by atoms with Crippen LogP contribution in [0.1, 0.15) is 44.6 Å². The quantitative estimate of drug-likeness (QED) is 0.886. The molecular formula is C17H26FNO. The van der Waals surface area contributed by atoms with E-state index in [1.54, 1.807) is 12.1 Å². The number of halogens is 1. The lowest BCUT2D eigenvalue weighted by atomic mass is 9.74. The molecule has 0 amide bonds. The van der Waals surface area contributed by atoms with Gasteiger partial charge < -0.3 is 10.5 Å². The Morgan fingerprint density at radius 3 is 2.80 bits per heavy atom. The van der Waals surface area contributed by atoms with Gasteiger partial charge in [0.15, 0.2) is 11.6 Å². The minimum absolute atomic E-state index is 0.258. The van der Waals surface area contributed by atoms with Crippen LogP contribution in [-0.4, -0.2) is 13.2 Å². The van der Waals surface area contributed by atoms with Gasteiger partial charge in [0, 0.05) is 6.04 Å². The lowest BCUT2D eigenvalue weighted by molar-refractivity contribution is 0.221. The predicted octanol–water partition coefficient (Wildman–Crippen LogP) is 3.92. The molecule has 0 saturated heterocycles. The van der Waals surface area contributed by atoms with Crippen LogP contribution in [0.4, 0.5) is 4.39 Å². The molecule has 112 valence electrons. The van der Waals surface area contributed by atoms with Gasteiger partial charge in [-0.1, -0.05) is 25.8 Å². The minimum Gasteiger partial charge on any atom is -0.494 e. The van der Waals surface area contributed by atoms with Crippen LogP contribution in [0.3, 0.4) is 0 Å². The lowest BCUT2D eigenvalue weighted by Gasteiger charge is -2.34. The van der Waals surface area contributed by atoms with Crippen LogP contribution >= 0.6 is 0 Å². The molecule has 3 atom stereocenters. The Bertz CT molecular complexity index is 435. The van der Waals surface area contributed by atoms with Crippen molar-refractivity contribution in [3.63, 3.8) is 0 Å². The van der Waals surface area contributed by atoms with E-state index in [4.69, 9.17) is 10.5 Å². The molecule has 0 radical (unpaired) electrons. The number of ether oxygens (including phenoxy) is 1. The standard InChI is InChI=1S/C17H26FNO/c1-3-4-12-5-7-16(19)14(9-12)10-13-6-8-17(20-2)15(18)11-13/h6,8,11-12,14,16H,3-5,7,9-10,19H2,1-2H3. The average Bonchev–Trinajstić information content (AvgIpc) is 2.43. The molecule has 3 heteroatoms. The number of hydrogen-bond donors (Lipinski definition) is 1. The molecule has 1 aliphatic rings. The van der Waals surface area contributed by atoms with Crippen molar-refractivity contribution in [1.29, 1.82) is 0 Å². The molecule has 1 aromatic carbocycles. The van der Waals surface area contributed by atoms with E-state index < -0.39 is 0 Å². The molecule has 2 rings (SSSR count). The van der Waals surface area contributed by atoms with Gasteiger partial charge in [-0.25, -0.2) is 4.39 Å². The Morgan fingerprint density at radius 1 is 1.35 bits per heavy atom. The highest BCUT2D eigenvalue weighted by Crippen LogP contribution is 2.33. The number of nitrogens with two attached hydrogens (primary N) is 1. The third-order valence-corrected chi connectivity index (χ3v) is 4.56. The van der Waals surface area contributed by atoms with Crippen molar-refractivity contribution in [3.8, 4) is 5.75 Å². The summed E-state index contributed by atoms with van der Waals surface area (Å²) in [5.41, 5.74) is 7.29. The second kappa shape index (κ2) is 7.07. The fourth-order valence-electron chi connectivity index (χ4n) is 3.43. The minimum atomic E-state index is -0.278. The van der Waals surface area contributed by atoms with Crippen molar-refractivity contribution >= 4 is 0 Å². The van der Waals surface area contributed by atoms with Gasteiger partial charge in [0.1, 0.15) is 0 Å². The average molecular weight is 279 g/mol. The van der Waals surface area contributed by atoms with E-state index in [9.17, 15) is 4.39 Å². The molecule has 0 heterocycles. The summed E-state index contributed by atoms with van der Waals surface area (Å²) in [5.74, 6) is 1.31. The highest BCUT2D eigenvalue weighted by atomic mass is 19.1. The van der Waals surface area contributed by atoms with E-state index in [0.717, 1.165) is 24.3 Å². The normalized spacial score (nSPS) is 26.5. The van der Waals surface area contributed by atoms with Gasteiger partial charge in [-0.05, 0) is 55.2 Å². The van der Waals surface area contributed by atoms with Crippen LogP contribution in [0.2, 0.25) is 0 Å². The zero-order valence-electron chi connectivity index (χ0n) is 12.6. The van der Waals surface area contributed by atoms with Gasteiger partial charge in [0.05, 0.1) is 7.11 Å². The molecule has 0 aromatic heterocycles. The van der Waals surface area contributed by atoms with Crippen LogP contribution < -0.4 is 10.5 Å². The Kier molecular flexibility index (Phi) is 5.41. The van der Waals surface area contributed by atoms with E-state index in [1.165, 1.54) is 32.8 Å².